The van der Waals surface area contributed by atoms with Gasteiger partial charge in [0.2, 0.25) is 0 Å². The largest absolute Gasteiger partial charge is 0.461 e. The molecular formula is C22H28ClFN6O2. The van der Waals surface area contributed by atoms with Crippen LogP contribution in [0.1, 0.15) is 44.9 Å². The van der Waals surface area contributed by atoms with Crippen molar-refractivity contribution >= 4 is 28.3 Å². The van der Waals surface area contributed by atoms with Crippen molar-refractivity contribution < 1.29 is 14.2 Å². The second kappa shape index (κ2) is 7.62. The Balaban J connectivity index is 1.35. The van der Waals surface area contributed by atoms with E-state index in [2.05, 4.69) is 25.1 Å². The Morgan fingerprint density at radius 2 is 1.94 bits per heavy atom. The molecule has 0 bridgehead atoms. The Morgan fingerprint density at radius 3 is 2.69 bits per heavy atom. The highest BCUT2D eigenvalue weighted by atomic mass is 35.5. The van der Waals surface area contributed by atoms with E-state index in [0.717, 1.165) is 45.3 Å². The van der Waals surface area contributed by atoms with Gasteiger partial charge in [-0.1, -0.05) is 11.6 Å². The second-order valence-electron chi connectivity index (χ2n) is 9.83. The van der Waals surface area contributed by atoms with Gasteiger partial charge in [-0.3, -0.25) is 10.2 Å². The van der Waals surface area contributed by atoms with Crippen molar-refractivity contribution in [2.24, 2.45) is 0 Å². The molecule has 2 atom stereocenters. The van der Waals surface area contributed by atoms with Crippen molar-refractivity contribution in [1.82, 2.24) is 25.2 Å². The summed E-state index contributed by atoms with van der Waals surface area (Å²) < 4.78 is 21.1. The average Bonchev–Trinajstić information content (AvgIpc) is 3.34. The molecule has 0 radical (unpaired) electrons. The highest BCUT2D eigenvalue weighted by molar-refractivity contribution is 6.30. The van der Waals surface area contributed by atoms with Gasteiger partial charge in [0.15, 0.2) is 11.0 Å². The van der Waals surface area contributed by atoms with Crippen LogP contribution in [0.3, 0.4) is 0 Å². The smallest absolute Gasteiger partial charge is 0.319 e. The number of aromatic nitrogens is 3. The Kier molecular flexibility index (Phi) is 4.94. The minimum atomic E-state index is -0.650. The number of hydrogen-bond acceptors (Lipinski definition) is 8. The number of halogens is 2. The highest BCUT2D eigenvalue weighted by Gasteiger charge is 2.47. The van der Waals surface area contributed by atoms with Crippen LogP contribution in [0.25, 0.3) is 10.9 Å². The normalized spacial score (nSPS) is 29.5. The molecule has 32 heavy (non-hydrogen) atoms. The SMILES string of the molecule is OC1CC2(CCCN(c3nc(OCC45CCCN4CCC5)nc4c(F)c(Cl)ncc34)C2)N1. The van der Waals surface area contributed by atoms with Crippen LogP contribution >= 0.6 is 11.6 Å². The molecule has 4 saturated heterocycles. The van der Waals surface area contributed by atoms with Gasteiger partial charge in [0.1, 0.15) is 24.2 Å². The van der Waals surface area contributed by atoms with Gasteiger partial charge in [-0.2, -0.15) is 9.97 Å². The molecule has 0 aliphatic carbocycles. The summed E-state index contributed by atoms with van der Waals surface area (Å²) in [6, 6.07) is 0.183. The minimum Gasteiger partial charge on any atom is -0.461 e. The fourth-order valence-corrected chi connectivity index (χ4v) is 6.40. The van der Waals surface area contributed by atoms with E-state index >= 15 is 0 Å². The maximum Gasteiger partial charge on any atom is 0.319 e. The molecule has 0 amide bonds. The number of rotatable bonds is 4. The van der Waals surface area contributed by atoms with Crippen LogP contribution in [0.2, 0.25) is 5.15 Å². The summed E-state index contributed by atoms with van der Waals surface area (Å²) in [4.78, 5) is 17.8. The lowest BCUT2D eigenvalue weighted by Crippen LogP contribution is -2.69. The molecule has 8 nitrogen and oxygen atoms in total. The quantitative estimate of drug-likeness (QED) is 0.670. The standard InChI is InChI=1S/C22H28ClFN6O2/c23-18-16(24)17-14(11-25-18)19(29-7-1-4-21(12-29)10-15(31)28-21)27-20(26-17)32-13-22-5-2-8-30(22)9-3-6-22/h11,15,28,31H,1-10,12-13H2. The van der Waals surface area contributed by atoms with Gasteiger partial charge in [0, 0.05) is 31.2 Å². The minimum absolute atomic E-state index is 0.0497. The van der Waals surface area contributed by atoms with Gasteiger partial charge in [0.05, 0.1) is 10.9 Å². The maximum absolute atomic E-state index is 14.9. The van der Waals surface area contributed by atoms with Crippen molar-refractivity contribution in [2.45, 2.75) is 62.3 Å². The predicted octanol–water partition coefficient (Wildman–Crippen LogP) is 2.48. The molecule has 0 saturated carbocycles. The first kappa shape index (κ1) is 20.8. The topological polar surface area (TPSA) is 86.6 Å². The lowest BCUT2D eigenvalue weighted by molar-refractivity contribution is -0.0300. The van der Waals surface area contributed by atoms with Crippen molar-refractivity contribution in [3.8, 4) is 6.01 Å². The lowest BCUT2D eigenvalue weighted by Gasteiger charge is -2.52. The van der Waals surface area contributed by atoms with Crippen LogP contribution in [-0.4, -0.2) is 75.1 Å². The summed E-state index contributed by atoms with van der Waals surface area (Å²) in [5.41, 5.74) is 0.0497. The Hall–Kier alpha value is -1.81. The van der Waals surface area contributed by atoms with Gasteiger partial charge >= 0.3 is 6.01 Å². The van der Waals surface area contributed by atoms with E-state index in [9.17, 15) is 9.50 Å². The summed E-state index contributed by atoms with van der Waals surface area (Å²) in [7, 11) is 0. The summed E-state index contributed by atoms with van der Waals surface area (Å²) in [6.45, 7) is 4.19. The number of aliphatic hydroxyl groups is 1. The molecule has 10 heteroatoms. The number of aliphatic hydroxyl groups excluding tert-OH is 1. The Bertz CT molecular complexity index is 1030. The lowest BCUT2D eigenvalue weighted by atomic mass is 9.79. The van der Waals surface area contributed by atoms with E-state index in [1.54, 1.807) is 6.20 Å². The third-order valence-corrected chi connectivity index (χ3v) is 8.08. The van der Waals surface area contributed by atoms with E-state index in [1.807, 2.05) is 0 Å². The zero-order chi connectivity index (χ0) is 21.9. The number of piperidine rings is 1. The fraction of sp³-hybridized carbons (Fsp3) is 0.682. The Labute approximate surface area is 191 Å². The van der Waals surface area contributed by atoms with Gasteiger partial charge in [-0.25, -0.2) is 9.37 Å². The van der Waals surface area contributed by atoms with Gasteiger partial charge in [0.25, 0.3) is 0 Å². The molecule has 0 aromatic carbocycles. The first-order valence-corrected chi connectivity index (χ1v) is 12.0. The van der Waals surface area contributed by atoms with E-state index in [0.29, 0.717) is 30.8 Å². The molecule has 4 aliphatic heterocycles. The van der Waals surface area contributed by atoms with Gasteiger partial charge < -0.3 is 14.7 Å². The number of fused-ring (bicyclic) bond motifs is 2. The summed E-state index contributed by atoms with van der Waals surface area (Å²) >= 11 is 5.98. The number of anilines is 1. The molecule has 2 aromatic rings. The third kappa shape index (κ3) is 3.32. The number of pyridine rings is 1. The number of ether oxygens (including phenoxy) is 1. The first-order chi connectivity index (χ1) is 15.5. The van der Waals surface area contributed by atoms with Crippen LogP contribution < -0.4 is 15.0 Å². The van der Waals surface area contributed by atoms with Crippen LogP contribution in [0.15, 0.2) is 6.20 Å². The number of hydrogen-bond donors (Lipinski definition) is 2. The summed E-state index contributed by atoms with van der Waals surface area (Å²) in [5.74, 6) is -0.0364. The average molecular weight is 463 g/mol. The highest BCUT2D eigenvalue weighted by Crippen LogP contribution is 2.40. The summed E-state index contributed by atoms with van der Waals surface area (Å²) in [6.07, 6.45) is 8.29. The van der Waals surface area contributed by atoms with Crippen molar-refractivity contribution in [3.63, 3.8) is 0 Å². The molecular weight excluding hydrogens is 435 g/mol. The molecule has 172 valence electrons. The van der Waals surface area contributed by atoms with Crippen molar-refractivity contribution in [2.75, 3.05) is 37.7 Å². The van der Waals surface area contributed by atoms with Crippen LogP contribution in [0.5, 0.6) is 6.01 Å². The van der Waals surface area contributed by atoms with Gasteiger partial charge in [-0.15, -0.1) is 0 Å². The molecule has 4 fully saturated rings. The summed E-state index contributed by atoms with van der Waals surface area (Å²) in [5, 5.41) is 13.4. The zero-order valence-corrected chi connectivity index (χ0v) is 18.7. The Morgan fingerprint density at radius 1 is 1.19 bits per heavy atom. The second-order valence-corrected chi connectivity index (χ2v) is 10.2. The molecule has 4 aliphatic rings. The molecule has 2 aromatic heterocycles. The van der Waals surface area contributed by atoms with E-state index < -0.39 is 12.0 Å². The molecule has 2 N–H and O–H groups in total. The number of nitrogens with one attached hydrogen (secondary N) is 1. The van der Waals surface area contributed by atoms with Crippen LogP contribution in [-0.2, 0) is 0 Å². The fourth-order valence-electron chi connectivity index (χ4n) is 6.26. The van der Waals surface area contributed by atoms with E-state index in [-0.39, 0.29) is 27.8 Å². The van der Waals surface area contributed by atoms with Crippen LogP contribution in [0.4, 0.5) is 10.2 Å². The molecule has 6 heterocycles. The molecule has 2 unspecified atom stereocenters. The van der Waals surface area contributed by atoms with Gasteiger partial charge in [-0.05, 0) is 51.6 Å². The van der Waals surface area contributed by atoms with E-state index in [1.165, 1.54) is 12.8 Å². The first-order valence-electron chi connectivity index (χ1n) is 11.6. The van der Waals surface area contributed by atoms with Crippen LogP contribution in [0, 0.1) is 5.82 Å². The number of nitrogens with zero attached hydrogens (tertiary/aromatic N) is 5. The maximum atomic E-state index is 14.9. The van der Waals surface area contributed by atoms with Crippen molar-refractivity contribution in [1.29, 1.82) is 0 Å². The monoisotopic (exact) mass is 462 g/mol. The predicted molar refractivity (Wildman–Crippen MR) is 119 cm³/mol. The van der Waals surface area contributed by atoms with Crippen molar-refractivity contribution in [3.05, 3.63) is 17.2 Å². The molecule has 6 rings (SSSR count). The molecule has 1 spiro atoms. The third-order valence-electron chi connectivity index (χ3n) is 7.82. The van der Waals surface area contributed by atoms with E-state index in [4.69, 9.17) is 21.3 Å². The zero-order valence-electron chi connectivity index (χ0n) is 18.0.